The molecule has 4 nitrogen and oxygen atoms in total. The lowest BCUT2D eigenvalue weighted by atomic mass is 10.0. The standard InChI is InChI=1S/C13H24N4/c1-5-15-8-13-11(3)17(4)9-12(6-7-14)10(2)16-13/h11-13,15H,5-6,8-9H2,1-4H3. The van der Waals surface area contributed by atoms with Gasteiger partial charge in [-0.05, 0) is 27.4 Å². The van der Waals surface area contributed by atoms with E-state index in [4.69, 9.17) is 10.3 Å². The second kappa shape index (κ2) is 6.73. The molecule has 1 N–H and O–H groups in total. The molecule has 0 aliphatic carbocycles. The molecule has 0 spiro atoms. The number of nitrogens with zero attached hydrogens (tertiary/aromatic N) is 3. The highest BCUT2D eigenvalue weighted by atomic mass is 15.2. The van der Waals surface area contributed by atoms with Crippen molar-refractivity contribution in [2.24, 2.45) is 10.9 Å². The third-order valence-corrected chi connectivity index (χ3v) is 3.66. The van der Waals surface area contributed by atoms with E-state index in [-0.39, 0.29) is 0 Å². The van der Waals surface area contributed by atoms with Gasteiger partial charge >= 0.3 is 0 Å². The van der Waals surface area contributed by atoms with Crippen molar-refractivity contribution in [3.05, 3.63) is 0 Å². The maximum absolute atomic E-state index is 8.85. The van der Waals surface area contributed by atoms with Crippen molar-refractivity contribution in [2.75, 3.05) is 26.7 Å². The molecule has 1 aliphatic rings. The Morgan fingerprint density at radius 2 is 2.29 bits per heavy atom. The van der Waals surface area contributed by atoms with Gasteiger partial charge in [0.05, 0.1) is 12.1 Å². The summed E-state index contributed by atoms with van der Waals surface area (Å²) in [6.07, 6.45) is 0.570. The lowest BCUT2D eigenvalue weighted by Gasteiger charge is -2.28. The van der Waals surface area contributed by atoms with E-state index >= 15 is 0 Å². The molecule has 3 unspecified atom stereocenters. The van der Waals surface area contributed by atoms with E-state index in [1.165, 1.54) is 0 Å². The van der Waals surface area contributed by atoms with E-state index in [9.17, 15) is 0 Å². The number of hydrogen-bond donors (Lipinski definition) is 1. The molecule has 0 aromatic rings. The van der Waals surface area contributed by atoms with Gasteiger partial charge in [-0.2, -0.15) is 5.26 Å². The van der Waals surface area contributed by atoms with Gasteiger partial charge in [0.25, 0.3) is 0 Å². The first-order valence-electron chi connectivity index (χ1n) is 6.42. The van der Waals surface area contributed by atoms with Crippen molar-refractivity contribution in [1.29, 1.82) is 5.26 Å². The molecule has 17 heavy (non-hydrogen) atoms. The minimum Gasteiger partial charge on any atom is -0.315 e. The molecule has 0 aromatic heterocycles. The van der Waals surface area contributed by atoms with Gasteiger partial charge in [-0.15, -0.1) is 0 Å². The van der Waals surface area contributed by atoms with Gasteiger partial charge in [-0.3, -0.25) is 4.99 Å². The van der Waals surface area contributed by atoms with Gasteiger partial charge in [0, 0.05) is 37.2 Å². The lowest BCUT2D eigenvalue weighted by Crippen LogP contribution is -2.43. The van der Waals surface area contributed by atoms with E-state index in [1.54, 1.807) is 0 Å². The van der Waals surface area contributed by atoms with Crippen LogP contribution in [0.15, 0.2) is 4.99 Å². The summed E-state index contributed by atoms with van der Waals surface area (Å²) in [6.45, 7) is 9.22. The number of rotatable bonds is 4. The monoisotopic (exact) mass is 236 g/mol. The van der Waals surface area contributed by atoms with Gasteiger partial charge in [0.2, 0.25) is 0 Å². The van der Waals surface area contributed by atoms with Crippen molar-refractivity contribution in [2.45, 2.75) is 39.3 Å². The van der Waals surface area contributed by atoms with E-state index in [2.05, 4.69) is 44.1 Å². The number of nitriles is 1. The molecule has 0 saturated heterocycles. The van der Waals surface area contributed by atoms with Crippen LogP contribution in [0.3, 0.4) is 0 Å². The van der Waals surface area contributed by atoms with Crippen molar-refractivity contribution >= 4 is 5.71 Å². The van der Waals surface area contributed by atoms with Gasteiger partial charge in [0.15, 0.2) is 0 Å². The number of hydrogen-bond acceptors (Lipinski definition) is 4. The SMILES string of the molecule is CCNCC1N=C(C)C(CC#N)CN(C)C1C. The average molecular weight is 236 g/mol. The summed E-state index contributed by atoms with van der Waals surface area (Å²) >= 11 is 0. The second-order valence-corrected chi connectivity index (χ2v) is 4.88. The van der Waals surface area contributed by atoms with Crippen LogP contribution in [-0.4, -0.2) is 49.4 Å². The molecule has 0 amide bonds. The van der Waals surface area contributed by atoms with Gasteiger partial charge in [0.1, 0.15) is 0 Å². The zero-order valence-corrected chi connectivity index (χ0v) is 11.4. The quantitative estimate of drug-likeness (QED) is 0.800. The fraction of sp³-hybridized carbons (Fsp3) is 0.846. The maximum atomic E-state index is 8.85. The number of likely N-dealkylation sites (N-methyl/N-ethyl adjacent to an activating group) is 2. The summed E-state index contributed by atoms with van der Waals surface area (Å²) < 4.78 is 0. The summed E-state index contributed by atoms with van der Waals surface area (Å²) in [5, 5.41) is 12.2. The van der Waals surface area contributed by atoms with E-state index in [0.29, 0.717) is 24.4 Å². The Morgan fingerprint density at radius 3 is 2.88 bits per heavy atom. The van der Waals surface area contributed by atoms with Crippen molar-refractivity contribution in [3.8, 4) is 6.07 Å². The average Bonchev–Trinajstić information content (AvgIpc) is 2.40. The lowest BCUT2D eigenvalue weighted by molar-refractivity contribution is 0.220. The first kappa shape index (κ1) is 14.1. The van der Waals surface area contributed by atoms with E-state index < -0.39 is 0 Å². The van der Waals surface area contributed by atoms with Crippen LogP contribution < -0.4 is 5.32 Å². The highest BCUT2D eigenvalue weighted by molar-refractivity contribution is 5.85. The Hall–Kier alpha value is -0.920. The first-order chi connectivity index (χ1) is 8.10. The van der Waals surface area contributed by atoms with Crippen molar-refractivity contribution in [1.82, 2.24) is 10.2 Å². The molecule has 96 valence electrons. The fourth-order valence-corrected chi connectivity index (χ4v) is 2.25. The van der Waals surface area contributed by atoms with Crippen LogP contribution in [-0.2, 0) is 0 Å². The molecule has 1 heterocycles. The normalized spacial score (nSPS) is 30.5. The van der Waals surface area contributed by atoms with Gasteiger partial charge in [-0.1, -0.05) is 6.92 Å². The van der Waals surface area contributed by atoms with E-state index in [1.807, 2.05) is 0 Å². The fourth-order valence-electron chi connectivity index (χ4n) is 2.25. The van der Waals surface area contributed by atoms with Crippen LogP contribution in [0, 0.1) is 17.2 Å². The molecule has 0 saturated carbocycles. The minimum absolute atomic E-state index is 0.291. The molecule has 0 aromatic carbocycles. The smallest absolute Gasteiger partial charge is 0.0775 e. The maximum Gasteiger partial charge on any atom is 0.0775 e. The Bertz CT molecular complexity index is 305. The molecular weight excluding hydrogens is 212 g/mol. The van der Waals surface area contributed by atoms with Crippen LogP contribution >= 0.6 is 0 Å². The first-order valence-corrected chi connectivity index (χ1v) is 6.42. The van der Waals surface area contributed by atoms with Crippen LogP contribution in [0.25, 0.3) is 0 Å². The third kappa shape index (κ3) is 3.79. The highest BCUT2D eigenvalue weighted by Gasteiger charge is 2.27. The Labute approximate surface area is 105 Å². The summed E-state index contributed by atoms with van der Waals surface area (Å²) in [5.74, 6) is 0.291. The topological polar surface area (TPSA) is 51.4 Å². The molecular formula is C13H24N4. The van der Waals surface area contributed by atoms with E-state index in [0.717, 1.165) is 25.3 Å². The summed E-state index contributed by atoms with van der Waals surface area (Å²) in [7, 11) is 2.13. The van der Waals surface area contributed by atoms with Crippen LogP contribution in [0.5, 0.6) is 0 Å². The minimum atomic E-state index is 0.291. The summed E-state index contributed by atoms with van der Waals surface area (Å²) in [6, 6.07) is 2.98. The molecule has 1 aliphatic heterocycles. The third-order valence-electron chi connectivity index (χ3n) is 3.66. The number of nitrogens with one attached hydrogen (secondary N) is 1. The predicted molar refractivity (Wildman–Crippen MR) is 71.3 cm³/mol. The molecule has 0 bridgehead atoms. The van der Waals surface area contributed by atoms with Gasteiger partial charge < -0.3 is 10.2 Å². The highest BCUT2D eigenvalue weighted by Crippen LogP contribution is 2.18. The van der Waals surface area contributed by atoms with Crippen LogP contribution in [0.4, 0.5) is 0 Å². The van der Waals surface area contributed by atoms with Crippen molar-refractivity contribution in [3.63, 3.8) is 0 Å². The zero-order valence-electron chi connectivity index (χ0n) is 11.4. The molecule has 0 radical (unpaired) electrons. The predicted octanol–water partition coefficient (Wildman–Crippen LogP) is 1.29. The number of aliphatic imine (C=N–C) groups is 1. The second-order valence-electron chi connectivity index (χ2n) is 4.88. The largest absolute Gasteiger partial charge is 0.315 e. The Kier molecular flexibility index (Phi) is 5.60. The molecule has 4 heteroatoms. The Balaban J connectivity index is 2.79. The van der Waals surface area contributed by atoms with Crippen LogP contribution in [0.2, 0.25) is 0 Å². The van der Waals surface area contributed by atoms with Gasteiger partial charge in [-0.25, -0.2) is 0 Å². The van der Waals surface area contributed by atoms with Crippen LogP contribution in [0.1, 0.15) is 27.2 Å². The molecule has 1 rings (SSSR count). The zero-order chi connectivity index (χ0) is 12.8. The van der Waals surface area contributed by atoms with Crippen molar-refractivity contribution < 1.29 is 0 Å². The summed E-state index contributed by atoms with van der Waals surface area (Å²) in [4.78, 5) is 7.13. The molecule has 3 atom stereocenters. The molecule has 0 fully saturated rings. The Morgan fingerprint density at radius 1 is 1.59 bits per heavy atom. The summed E-state index contributed by atoms with van der Waals surface area (Å²) in [5.41, 5.74) is 1.13.